The molecule has 0 bridgehead atoms. The monoisotopic (exact) mass is 1130 g/mol. The minimum absolute atomic E-state index is 0.0000315. The van der Waals surface area contributed by atoms with E-state index in [0.717, 1.165) is 54.0 Å². The molecule has 4 aliphatic rings. The van der Waals surface area contributed by atoms with Gasteiger partial charge in [-0.3, -0.25) is 14.4 Å². The first-order valence-corrected chi connectivity index (χ1v) is 31.0. The van der Waals surface area contributed by atoms with Gasteiger partial charge in [0.1, 0.15) is 35.8 Å². The molecule has 17 nitrogen and oxygen atoms in total. The van der Waals surface area contributed by atoms with Gasteiger partial charge in [0.05, 0.1) is 50.0 Å². The Morgan fingerprint density at radius 2 is 1.53 bits per heavy atom. The first kappa shape index (κ1) is 56.9. The highest BCUT2D eigenvalue weighted by Gasteiger charge is 2.42. The number of nitrogens with zero attached hydrogens (tertiary/aromatic N) is 7. The number of benzene rings is 4. The number of nitrogens with one attached hydrogen (secondary N) is 4. The lowest BCUT2D eigenvalue weighted by atomic mass is 9.98. The molecule has 0 amide bonds. The van der Waals surface area contributed by atoms with Crippen LogP contribution in [0.3, 0.4) is 0 Å². The summed E-state index contributed by atoms with van der Waals surface area (Å²) in [6.45, 7) is 12.3. The second kappa shape index (κ2) is 24.7. The molecule has 0 aliphatic carbocycles. The van der Waals surface area contributed by atoms with E-state index < -0.39 is 32.8 Å². The van der Waals surface area contributed by atoms with Gasteiger partial charge in [-0.05, 0) is 118 Å². The van der Waals surface area contributed by atoms with Crippen molar-refractivity contribution in [2.75, 3.05) is 112 Å². The number of piperazine rings is 1. The Hall–Kier alpha value is -5.85. The molecule has 4 aromatic carbocycles. The van der Waals surface area contributed by atoms with Crippen LogP contribution in [0.25, 0.3) is 0 Å². The number of fused-ring (bicyclic) bond motifs is 1. The fourth-order valence-corrected chi connectivity index (χ4v) is 13.2. The van der Waals surface area contributed by atoms with Crippen LogP contribution in [0.5, 0.6) is 11.5 Å². The molecule has 0 saturated carbocycles. The van der Waals surface area contributed by atoms with Crippen LogP contribution in [0.1, 0.15) is 54.6 Å². The number of methoxy groups -OCH3 is 2. The SMILES string of the molecule is CCOP(=O)(Cc1ccccc1NC1=C(Cl)C=NC(Nc2ccc(N3CCC(N4CCN(Cc5nc(Nc6ccc(P(C)(C)=O)cc6)nc(N6CCc7ccc(OC)cc7C6)c5C(F)(F)F)CC4)CC3)cc2OC)N1)OCC. The third-order valence-electron chi connectivity index (χ3n) is 14.5. The molecule has 418 valence electrons. The summed E-state index contributed by atoms with van der Waals surface area (Å²) in [6.07, 6.45) is -1.29. The molecule has 23 heteroatoms. The summed E-state index contributed by atoms with van der Waals surface area (Å²) in [5.41, 5.74) is 4.80. The van der Waals surface area contributed by atoms with E-state index in [-0.39, 0.29) is 49.9 Å². The van der Waals surface area contributed by atoms with Gasteiger partial charge in [0.2, 0.25) is 5.95 Å². The maximum Gasteiger partial charge on any atom is 0.421 e. The molecule has 4 N–H and O–H groups in total. The molecule has 5 heterocycles. The maximum absolute atomic E-state index is 15.5. The van der Waals surface area contributed by atoms with E-state index in [4.69, 9.17) is 30.1 Å². The smallest absolute Gasteiger partial charge is 0.421 e. The number of allylic oxidation sites excluding steroid dienone is 1. The van der Waals surface area contributed by atoms with Crippen molar-refractivity contribution >= 4 is 72.4 Å². The normalized spacial score (nSPS) is 17.9. The van der Waals surface area contributed by atoms with E-state index in [1.165, 1.54) is 0 Å². The van der Waals surface area contributed by atoms with Crippen LogP contribution in [0.4, 0.5) is 47.7 Å². The van der Waals surface area contributed by atoms with Gasteiger partial charge in [-0.25, -0.2) is 9.98 Å². The number of piperidine rings is 1. The number of para-hydroxylation sites is 1. The first-order valence-electron chi connectivity index (χ1n) is 26.3. The number of aliphatic imine (C=N–C) groups is 1. The Kier molecular flexibility index (Phi) is 18.0. The van der Waals surface area contributed by atoms with Gasteiger partial charge in [0, 0.05) is 99.6 Å². The van der Waals surface area contributed by atoms with E-state index in [1.807, 2.05) is 54.6 Å². The molecular formula is C55H69ClF3N11O6P2. The Morgan fingerprint density at radius 3 is 2.21 bits per heavy atom. The van der Waals surface area contributed by atoms with Crippen LogP contribution in [0, 0.1) is 0 Å². The van der Waals surface area contributed by atoms with Crippen LogP contribution in [-0.4, -0.2) is 125 Å². The highest BCUT2D eigenvalue weighted by molar-refractivity contribution is 7.70. The van der Waals surface area contributed by atoms with E-state index in [2.05, 4.69) is 57.0 Å². The van der Waals surface area contributed by atoms with E-state index >= 15 is 13.2 Å². The van der Waals surface area contributed by atoms with Gasteiger partial charge in [-0.1, -0.05) is 35.9 Å². The molecule has 2 fully saturated rings. The average Bonchev–Trinajstić information content (AvgIpc) is 3.49. The molecule has 5 aromatic rings. The zero-order valence-corrected chi connectivity index (χ0v) is 47.5. The van der Waals surface area contributed by atoms with Gasteiger partial charge in [-0.15, -0.1) is 0 Å². The predicted octanol–water partition coefficient (Wildman–Crippen LogP) is 10.5. The summed E-state index contributed by atoms with van der Waals surface area (Å²) in [5, 5.41) is 14.3. The Bertz CT molecular complexity index is 3070. The first-order chi connectivity index (χ1) is 37.4. The van der Waals surface area contributed by atoms with Crippen molar-refractivity contribution < 1.29 is 40.8 Å². The number of ether oxygens (including phenoxy) is 2. The van der Waals surface area contributed by atoms with Crippen LogP contribution >= 0.6 is 26.3 Å². The van der Waals surface area contributed by atoms with Crippen molar-refractivity contribution in [1.82, 2.24) is 25.1 Å². The lowest BCUT2D eigenvalue weighted by Crippen LogP contribution is -2.53. The summed E-state index contributed by atoms with van der Waals surface area (Å²) in [6, 6.07) is 26.6. The van der Waals surface area contributed by atoms with Crippen molar-refractivity contribution in [3.05, 3.63) is 124 Å². The number of aromatic nitrogens is 2. The number of halogens is 4. The van der Waals surface area contributed by atoms with Gasteiger partial charge in [-0.2, -0.15) is 18.2 Å². The lowest BCUT2D eigenvalue weighted by Gasteiger charge is -2.43. The predicted molar refractivity (Wildman–Crippen MR) is 305 cm³/mol. The Labute approximate surface area is 459 Å². The number of alkyl halides is 3. The zero-order valence-electron chi connectivity index (χ0n) is 44.9. The van der Waals surface area contributed by atoms with Crippen molar-refractivity contribution in [1.29, 1.82) is 0 Å². The molecule has 1 aromatic heterocycles. The number of hydrogen-bond acceptors (Lipinski definition) is 17. The lowest BCUT2D eigenvalue weighted by molar-refractivity contribution is -0.138. The van der Waals surface area contributed by atoms with Crippen molar-refractivity contribution in [2.45, 2.75) is 70.9 Å². The van der Waals surface area contributed by atoms with Crippen LogP contribution in [0.15, 0.2) is 101 Å². The fraction of sp³-hybridized carbons (Fsp3) is 0.436. The second-order valence-corrected chi connectivity index (χ2v) is 25.7. The second-order valence-electron chi connectivity index (χ2n) is 20.0. The summed E-state index contributed by atoms with van der Waals surface area (Å²) < 4.78 is 95.1. The van der Waals surface area contributed by atoms with Crippen LogP contribution in [0.2, 0.25) is 0 Å². The minimum Gasteiger partial charge on any atom is -0.497 e. The Morgan fingerprint density at radius 1 is 0.795 bits per heavy atom. The van der Waals surface area contributed by atoms with Crippen molar-refractivity contribution in [3.63, 3.8) is 0 Å². The largest absolute Gasteiger partial charge is 0.497 e. The Balaban J connectivity index is 0.827. The average molecular weight is 1130 g/mol. The van der Waals surface area contributed by atoms with Gasteiger partial charge in [0.25, 0.3) is 0 Å². The molecule has 4 aliphatic heterocycles. The van der Waals surface area contributed by atoms with Crippen molar-refractivity contribution in [2.24, 2.45) is 4.99 Å². The fourth-order valence-electron chi connectivity index (χ4n) is 10.5. The summed E-state index contributed by atoms with van der Waals surface area (Å²) in [5.74, 6) is 1.69. The van der Waals surface area contributed by atoms with Crippen LogP contribution < -0.4 is 45.8 Å². The van der Waals surface area contributed by atoms with Gasteiger partial charge < -0.3 is 54.2 Å². The molecule has 2 saturated heterocycles. The molecule has 0 radical (unpaired) electrons. The molecular weight excluding hydrogens is 1070 g/mol. The third-order valence-corrected chi connectivity index (χ3v) is 18.3. The van der Waals surface area contributed by atoms with Crippen LogP contribution in [-0.2, 0) is 50.0 Å². The quantitative estimate of drug-likeness (QED) is 0.0543. The zero-order chi connectivity index (χ0) is 55.2. The molecule has 0 spiro atoms. The summed E-state index contributed by atoms with van der Waals surface area (Å²) >= 11 is 6.64. The summed E-state index contributed by atoms with van der Waals surface area (Å²) in [7, 11) is -2.70. The standard InChI is InChI=1S/C55H69ClF3N11O6P2/c1-7-75-78(72,76-8-2)36-38-11-9-10-12-46(38)62-51-45(56)33-60-53(65-51)63-47-20-16-42(32-49(47)74-4)68-25-22-41(23-26-68)69-29-27-67(28-30-69)35-48-50(55(57,58)59)52(70-24-21-37-13-17-43(73-3)31-39(37)34-70)66-54(64-48)61-40-14-18-44(19-15-40)77(5,6)71/h9-20,31-33,41,53,62-63,65H,7-8,21-30,34-36H2,1-6H3,(H,61,64,66). The molecule has 1 unspecified atom stereocenters. The maximum atomic E-state index is 15.5. The highest BCUT2D eigenvalue weighted by Crippen LogP contribution is 2.52. The topological polar surface area (TPSA) is 170 Å². The highest BCUT2D eigenvalue weighted by atomic mass is 35.5. The number of rotatable bonds is 20. The van der Waals surface area contributed by atoms with E-state index in [9.17, 15) is 9.13 Å². The minimum atomic E-state index is -4.73. The van der Waals surface area contributed by atoms with Gasteiger partial charge in [0.15, 0.2) is 6.29 Å². The number of hydrogen-bond donors (Lipinski definition) is 4. The van der Waals surface area contributed by atoms with Gasteiger partial charge >= 0.3 is 13.8 Å². The molecule has 78 heavy (non-hydrogen) atoms. The molecule has 9 rings (SSSR count). The number of anilines is 6. The third kappa shape index (κ3) is 13.8. The summed E-state index contributed by atoms with van der Waals surface area (Å²) in [4.78, 5) is 22.4. The van der Waals surface area contributed by atoms with Crippen molar-refractivity contribution in [3.8, 4) is 11.5 Å². The van der Waals surface area contributed by atoms with E-state index in [0.29, 0.717) is 84.2 Å². The molecule has 1 atom stereocenters. The van der Waals surface area contributed by atoms with E-state index in [1.54, 1.807) is 76.8 Å².